The second-order valence-corrected chi connectivity index (χ2v) is 8.97. The van der Waals surface area contributed by atoms with Crippen LogP contribution in [0, 0.1) is 29.3 Å². The number of fused-ring (bicyclic) bond motifs is 2. The first-order chi connectivity index (χ1) is 14.1. The zero-order chi connectivity index (χ0) is 22.2. The van der Waals surface area contributed by atoms with Gasteiger partial charge in [-0.1, -0.05) is 13.8 Å². The average molecular weight is 425 g/mol. The minimum atomic E-state index is -1.21. The molecule has 166 valence electrons. The molecule has 2 fully saturated rings. The molecule has 0 radical (unpaired) electrons. The zero-order valence-electron chi connectivity index (χ0n) is 17.6. The molecule has 8 heteroatoms. The van der Waals surface area contributed by atoms with Crippen LogP contribution in [0.15, 0.2) is 12.1 Å². The number of benzene rings is 1. The molecule has 2 heterocycles. The molecule has 0 aliphatic carbocycles. The molecular weight excluding hydrogens is 395 g/mol. The second-order valence-electron chi connectivity index (χ2n) is 8.97. The van der Waals surface area contributed by atoms with Crippen LogP contribution >= 0.6 is 0 Å². The number of carbonyl (C=O) groups excluding carboxylic acids is 2. The Hall–Kier alpha value is -2.09. The number of hydrogen-bond acceptors (Lipinski definition) is 3. The summed E-state index contributed by atoms with van der Waals surface area (Å²) in [7, 11) is 0. The maximum Gasteiger partial charge on any atom is 0.245 e. The van der Waals surface area contributed by atoms with Crippen molar-refractivity contribution in [3.63, 3.8) is 0 Å². The Kier molecular flexibility index (Phi) is 6.75. The molecule has 0 spiro atoms. The largest absolute Gasteiger partial charge is 0.344 e. The number of nitrogens with one attached hydrogen (secondary N) is 1. The van der Waals surface area contributed by atoms with E-state index in [1.807, 2.05) is 4.90 Å². The summed E-state index contributed by atoms with van der Waals surface area (Å²) in [5, 5.41) is 2.77. The summed E-state index contributed by atoms with van der Waals surface area (Å²) in [5.74, 6) is -3.49. The molecule has 5 atom stereocenters. The van der Waals surface area contributed by atoms with Crippen LogP contribution in [0.3, 0.4) is 0 Å². The Morgan fingerprint density at radius 3 is 2.20 bits per heavy atom. The summed E-state index contributed by atoms with van der Waals surface area (Å²) in [6, 6.07) is 0.472. The summed E-state index contributed by atoms with van der Waals surface area (Å²) < 4.78 is 40.6. The minimum absolute atomic E-state index is 0.0282. The highest BCUT2D eigenvalue weighted by molar-refractivity contribution is 5.88. The fourth-order valence-corrected chi connectivity index (χ4v) is 4.73. The zero-order valence-corrected chi connectivity index (χ0v) is 17.6. The molecule has 2 bridgehead atoms. The lowest BCUT2D eigenvalue weighted by molar-refractivity contribution is -0.141. The maximum atomic E-state index is 14.0. The predicted molar refractivity (Wildman–Crippen MR) is 107 cm³/mol. The summed E-state index contributed by atoms with van der Waals surface area (Å²) >= 11 is 0. The van der Waals surface area contributed by atoms with Crippen LogP contribution in [-0.4, -0.2) is 40.9 Å². The van der Waals surface area contributed by atoms with Crippen molar-refractivity contribution in [2.45, 2.75) is 77.0 Å². The number of hydrogen-bond donors (Lipinski definition) is 2. The number of carbonyl (C=O) groups is 2. The van der Waals surface area contributed by atoms with E-state index in [0.717, 1.165) is 18.9 Å². The SMILES string of the molecule is CC(C)C(=O)N[C@H](C)C(=O)N1[C@@H]2CC[C@H]1C[C@@H]([C@H](N)Cc1cc(F)c(F)cc1F)C2. The lowest BCUT2D eigenvalue weighted by Gasteiger charge is -2.42. The van der Waals surface area contributed by atoms with E-state index in [1.165, 1.54) is 0 Å². The van der Waals surface area contributed by atoms with Gasteiger partial charge in [-0.3, -0.25) is 9.59 Å². The van der Waals surface area contributed by atoms with Gasteiger partial charge in [0, 0.05) is 30.1 Å². The third-order valence-electron chi connectivity index (χ3n) is 6.43. The molecule has 5 nitrogen and oxygen atoms in total. The Bertz CT molecular complexity index is 803. The van der Waals surface area contributed by atoms with E-state index >= 15 is 0 Å². The highest BCUT2D eigenvalue weighted by Gasteiger charge is 2.45. The molecule has 1 aromatic rings. The maximum absolute atomic E-state index is 14.0. The van der Waals surface area contributed by atoms with Crippen molar-refractivity contribution in [3.8, 4) is 0 Å². The van der Waals surface area contributed by atoms with Gasteiger partial charge in [-0.25, -0.2) is 13.2 Å². The third kappa shape index (κ3) is 4.63. The molecule has 0 saturated carbocycles. The van der Waals surface area contributed by atoms with Crippen LogP contribution in [0.25, 0.3) is 0 Å². The first-order valence-electron chi connectivity index (χ1n) is 10.6. The summed E-state index contributed by atoms with van der Waals surface area (Å²) in [4.78, 5) is 26.8. The molecule has 0 aromatic heterocycles. The van der Waals surface area contributed by atoms with E-state index in [-0.39, 0.29) is 47.7 Å². The van der Waals surface area contributed by atoms with Crippen LogP contribution in [0.1, 0.15) is 52.0 Å². The van der Waals surface area contributed by atoms with Gasteiger partial charge in [0.1, 0.15) is 11.9 Å². The van der Waals surface area contributed by atoms with Crippen molar-refractivity contribution in [2.24, 2.45) is 17.6 Å². The van der Waals surface area contributed by atoms with E-state index in [4.69, 9.17) is 5.73 Å². The Balaban J connectivity index is 1.63. The second kappa shape index (κ2) is 8.96. The van der Waals surface area contributed by atoms with Gasteiger partial charge in [0.2, 0.25) is 11.8 Å². The van der Waals surface area contributed by atoms with Gasteiger partial charge < -0.3 is 16.0 Å². The summed E-state index contributed by atoms with van der Waals surface area (Å²) in [6.07, 6.45) is 3.20. The van der Waals surface area contributed by atoms with E-state index in [9.17, 15) is 22.8 Å². The van der Waals surface area contributed by atoms with Crippen molar-refractivity contribution in [2.75, 3.05) is 0 Å². The van der Waals surface area contributed by atoms with Crippen molar-refractivity contribution in [1.29, 1.82) is 0 Å². The molecule has 30 heavy (non-hydrogen) atoms. The van der Waals surface area contributed by atoms with E-state index in [1.54, 1.807) is 20.8 Å². The van der Waals surface area contributed by atoms with Crippen molar-refractivity contribution < 1.29 is 22.8 Å². The standard InChI is InChI=1S/C22H30F3N3O2/c1-11(2)21(29)27-12(3)22(30)28-15-4-5-16(28)7-14(6-15)20(26)9-13-8-18(24)19(25)10-17(13)23/h8,10-12,14-16,20H,4-7,9,26H2,1-3H3,(H,27,29)/t12-,14-,15+,16-,20-/m1/s1. The monoisotopic (exact) mass is 425 g/mol. The van der Waals surface area contributed by atoms with Crippen LogP contribution < -0.4 is 11.1 Å². The third-order valence-corrected chi connectivity index (χ3v) is 6.43. The first-order valence-corrected chi connectivity index (χ1v) is 10.6. The summed E-state index contributed by atoms with van der Waals surface area (Å²) in [5.41, 5.74) is 6.39. The van der Waals surface area contributed by atoms with Gasteiger partial charge in [0.05, 0.1) is 0 Å². The van der Waals surface area contributed by atoms with Gasteiger partial charge in [0.15, 0.2) is 11.6 Å². The number of amides is 2. The van der Waals surface area contributed by atoms with Crippen molar-refractivity contribution >= 4 is 11.8 Å². The van der Waals surface area contributed by atoms with Crippen LogP contribution in [0.4, 0.5) is 13.2 Å². The molecule has 2 saturated heterocycles. The molecule has 0 unspecified atom stereocenters. The van der Waals surface area contributed by atoms with E-state index in [2.05, 4.69) is 5.32 Å². The minimum Gasteiger partial charge on any atom is -0.344 e. The highest BCUT2D eigenvalue weighted by Crippen LogP contribution is 2.40. The normalized spacial score (nSPS) is 25.3. The van der Waals surface area contributed by atoms with Gasteiger partial charge in [-0.05, 0) is 56.6 Å². The predicted octanol–water partition coefficient (Wildman–Crippen LogP) is 2.90. The Morgan fingerprint density at radius 1 is 1.07 bits per heavy atom. The van der Waals surface area contributed by atoms with Crippen molar-refractivity contribution in [1.82, 2.24) is 10.2 Å². The highest BCUT2D eigenvalue weighted by atomic mass is 19.2. The molecular formula is C22H30F3N3O2. The lowest BCUT2D eigenvalue weighted by atomic mass is 9.82. The fraction of sp³-hybridized carbons (Fsp3) is 0.636. The number of nitrogens with two attached hydrogens (primary N) is 1. The molecule has 1 aromatic carbocycles. The molecule has 2 aliphatic rings. The number of rotatable bonds is 6. The number of piperidine rings is 1. The molecule has 3 N–H and O–H groups in total. The molecule has 2 aliphatic heterocycles. The fourth-order valence-electron chi connectivity index (χ4n) is 4.73. The molecule has 2 amide bonds. The van der Waals surface area contributed by atoms with Crippen molar-refractivity contribution in [3.05, 3.63) is 35.1 Å². The van der Waals surface area contributed by atoms with Gasteiger partial charge >= 0.3 is 0 Å². The van der Waals surface area contributed by atoms with Crippen LogP contribution in [0.5, 0.6) is 0 Å². The quantitative estimate of drug-likeness (QED) is 0.689. The Morgan fingerprint density at radius 2 is 1.63 bits per heavy atom. The molecule has 3 rings (SSSR count). The van der Waals surface area contributed by atoms with Crippen LogP contribution in [-0.2, 0) is 16.0 Å². The van der Waals surface area contributed by atoms with E-state index < -0.39 is 29.5 Å². The Labute approximate surface area is 175 Å². The van der Waals surface area contributed by atoms with E-state index in [0.29, 0.717) is 18.9 Å². The van der Waals surface area contributed by atoms with Crippen LogP contribution in [0.2, 0.25) is 0 Å². The number of nitrogens with zero attached hydrogens (tertiary/aromatic N) is 1. The smallest absolute Gasteiger partial charge is 0.245 e. The van der Waals surface area contributed by atoms with Gasteiger partial charge in [-0.15, -0.1) is 0 Å². The summed E-state index contributed by atoms with van der Waals surface area (Å²) in [6.45, 7) is 5.25. The topological polar surface area (TPSA) is 75.4 Å². The average Bonchev–Trinajstić information content (AvgIpc) is 2.94. The van der Waals surface area contributed by atoms with Gasteiger partial charge in [0.25, 0.3) is 0 Å². The lowest BCUT2D eigenvalue weighted by Crippen LogP contribution is -2.55. The van der Waals surface area contributed by atoms with Gasteiger partial charge in [-0.2, -0.15) is 0 Å². The first kappa shape index (κ1) is 22.6. The number of halogens is 3.